The number of ether oxygens (including phenoxy) is 1. The fourth-order valence-corrected chi connectivity index (χ4v) is 2.47. The largest absolute Gasteiger partial charge is 0.445 e. The predicted molar refractivity (Wildman–Crippen MR) is 90.6 cm³/mol. The van der Waals surface area contributed by atoms with Crippen molar-refractivity contribution in [3.63, 3.8) is 0 Å². The Kier molecular flexibility index (Phi) is 6.78. The van der Waals surface area contributed by atoms with Crippen LogP contribution in [0.15, 0.2) is 48.5 Å². The van der Waals surface area contributed by atoms with E-state index in [1.807, 2.05) is 0 Å². The van der Waals surface area contributed by atoms with Crippen LogP contribution < -0.4 is 5.32 Å². The van der Waals surface area contributed by atoms with Crippen LogP contribution >= 0.6 is 0 Å². The summed E-state index contributed by atoms with van der Waals surface area (Å²) in [7, 11) is 0. The molecule has 0 aliphatic heterocycles. The zero-order valence-corrected chi connectivity index (χ0v) is 15.0. The van der Waals surface area contributed by atoms with E-state index >= 15 is 0 Å². The fourth-order valence-electron chi connectivity index (χ4n) is 2.47. The molecule has 0 bridgehead atoms. The smallest absolute Gasteiger partial charge is 0.416 e. The number of benzene rings is 2. The number of carbonyl (C=O) groups excluding carboxylic acids is 1. The molecule has 29 heavy (non-hydrogen) atoms. The highest BCUT2D eigenvalue weighted by Gasteiger charge is 2.38. The minimum absolute atomic E-state index is 0.0392. The molecule has 1 unspecified atom stereocenters. The maximum Gasteiger partial charge on any atom is 0.416 e. The summed E-state index contributed by atoms with van der Waals surface area (Å²) in [4.78, 5) is 11.8. The molecule has 158 valence electrons. The van der Waals surface area contributed by atoms with Crippen molar-refractivity contribution in [1.82, 2.24) is 5.32 Å². The van der Waals surface area contributed by atoms with Crippen molar-refractivity contribution in [2.24, 2.45) is 0 Å². The van der Waals surface area contributed by atoms with Gasteiger partial charge in [-0.1, -0.05) is 30.3 Å². The summed E-state index contributed by atoms with van der Waals surface area (Å²) in [6.07, 6.45) is -12.9. The summed E-state index contributed by atoms with van der Waals surface area (Å²) in [5, 5.41) is 12.4. The van der Waals surface area contributed by atoms with Gasteiger partial charge >= 0.3 is 18.4 Å². The van der Waals surface area contributed by atoms with Crippen LogP contribution in [0.4, 0.5) is 31.1 Å². The van der Waals surface area contributed by atoms with Gasteiger partial charge in [-0.2, -0.15) is 26.3 Å². The van der Waals surface area contributed by atoms with E-state index in [-0.39, 0.29) is 12.7 Å². The molecule has 10 heteroatoms. The molecule has 2 atom stereocenters. The standard InChI is InChI=1S/C19H17F6NO3/c1-11(26-17(28)29-10-12-5-3-2-4-6-12)16(27)13-7-14(18(20,21)22)9-15(8-13)19(23,24)25/h2-9,11,16,27H,10H2,1H3,(H,26,28)/t11?,16-/m0/s1. The SMILES string of the molecule is CC(NC(=O)OCc1ccccc1)[C@H](O)c1cc(C(F)(F)F)cc(C(F)(F)F)c1. The van der Waals surface area contributed by atoms with Gasteiger partial charge in [0.05, 0.1) is 23.3 Å². The first kappa shape index (κ1) is 22.5. The molecule has 0 radical (unpaired) electrons. The lowest BCUT2D eigenvalue weighted by molar-refractivity contribution is -0.143. The first-order chi connectivity index (χ1) is 13.4. The highest BCUT2D eigenvalue weighted by Crippen LogP contribution is 2.37. The van der Waals surface area contributed by atoms with Crippen LogP contribution in [0.25, 0.3) is 0 Å². The summed E-state index contributed by atoms with van der Waals surface area (Å²) in [5.74, 6) is 0. The highest BCUT2D eigenvalue weighted by atomic mass is 19.4. The molecule has 4 nitrogen and oxygen atoms in total. The molecule has 0 aliphatic rings. The molecule has 1 amide bonds. The van der Waals surface area contributed by atoms with Crippen molar-refractivity contribution in [3.05, 3.63) is 70.8 Å². The minimum Gasteiger partial charge on any atom is -0.445 e. The van der Waals surface area contributed by atoms with Gasteiger partial charge in [0.15, 0.2) is 0 Å². The molecule has 2 N–H and O–H groups in total. The lowest BCUT2D eigenvalue weighted by atomic mass is 9.97. The lowest BCUT2D eigenvalue weighted by Crippen LogP contribution is -2.37. The first-order valence-corrected chi connectivity index (χ1v) is 8.32. The summed E-state index contributed by atoms with van der Waals surface area (Å²) >= 11 is 0. The topological polar surface area (TPSA) is 58.6 Å². The molecular weight excluding hydrogens is 404 g/mol. The fraction of sp³-hybridized carbons (Fsp3) is 0.316. The Labute approximate surface area is 162 Å². The van der Waals surface area contributed by atoms with Crippen molar-refractivity contribution >= 4 is 6.09 Å². The average Bonchev–Trinajstić information content (AvgIpc) is 2.64. The Bertz CT molecular complexity index is 804. The van der Waals surface area contributed by atoms with Gasteiger partial charge in [-0.05, 0) is 36.2 Å². The monoisotopic (exact) mass is 421 g/mol. The maximum absolute atomic E-state index is 12.9. The number of hydrogen-bond donors (Lipinski definition) is 2. The minimum atomic E-state index is -5.04. The van der Waals surface area contributed by atoms with Crippen LogP contribution in [0, 0.1) is 0 Å². The number of aliphatic hydroxyl groups excluding tert-OH is 1. The average molecular weight is 421 g/mol. The molecule has 0 heterocycles. The number of nitrogens with one attached hydrogen (secondary N) is 1. The van der Waals surface area contributed by atoms with Crippen molar-refractivity contribution in [2.45, 2.75) is 38.0 Å². The molecule has 0 aromatic heterocycles. The molecule has 2 aromatic carbocycles. The number of alkyl carbamates (subject to hydrolysis) is 1. The predicted octanol–water partition coefficient (Wildman–Crippen LogP) is 5.07. The normalized spacial score (nSPS) is 14.2. The van der Waals surface area contributed by atoms with Crippen LogP contribution in [-0.2, 0) is 23.7 Å². The highest BCUT2D eigenvalue weighted by molar-refractivity contribution is 5.67. The van der Waals surface area contributed by atoms with E-state index in [1.54, 1.807) is 30.3 Å². The molecule has 0 fully saturated rings. The number of alkyl halides is 6. The van der Waals surface area contributed by atoms with E-state index in [1.165, 1.54) is 6.92 Å². The molecule has 2 aromatic rings. The summed E-state index contributed by atoms with van der Waals surface area (Å²) in [5.41, 5.74) is -3.08. The van der Waals surface area contributed by atoms with Gasteiger partial charge in [-0.25, -0.2) is 4.79 Å². The van der Waals surface area contributed by atoms with Crippen molar-refractivity contribution in [1.29, 1.82) is 0 Å². The lowest BCUT2D eigenvalue weighted by Gasteiger charge is -2.22. The van der Waals surface area contributed by atoms with E-state index in [2.05, 4.69) is 5.32 Å². The second kappa shape index (κ2) is 8.73. The van der Waals surface area contributed by atoms with E-state index in [9.17, 15) is 36.2 Å². The summed E-state index contributed by atoms with van der Waals surface area (Å²) in [6, 6.07) is 8.13. The van der Waals surface area contributed by atoms with Crippen LogP contribution in [0.1, 0.15) is 35.3 Å². The zero-order chi connectivity index (χ0) is 21.8. The molecule has 2 rings (SSSR count). The molecule has 0 aliphatic carbocycles. The van der Waals surface area contributed by atoms with Gasteiger partial charge in [0, 0.05) is 0 Å². The molecule has 0 saturated carbocycles. The van der Waals surface area contributed by atoms with Crippen LogP contribution in [-0.4, -0.2) is 17.2 Å². The van der Waals surface area contributed by atoms with Gasteiger partial charge in [0.25, 0.3) is 0 Å². The number of aliphatic hydroxyl groups is 1. The van der Waals surface area contributed by atoms with Gasteiger partial charge in [0.2, 0.25) is 0 Å². The van der Waals surface area contributed by atoms with E-state index in [0.29, 0.717) is 17.7 Å². The molecule has 0 spiro atoms. The second-order valence-corrected chi connectivity index (χ2v) is 6.28. The quantitative estimate of drug-likeness (QED) is 0.663. The van der Waals surface area contributed by atoms with Gasteiger partial charge in [0.1, 0.15) is 6.61 Å². The summed E-state index contributed by atoms with van der Waals surface area (Å²) in [6.45, 7) is 1.12. The van der Waals surface area contributed by atoms with Crippen LogP contribution in [0.3, 0.4) is 0 Å². The Morgan fingerprint density at radius 1 is 1.00 bits per heavy atom. The van der Waals surface area contributed by atoms with Crippen molar-refractivity contribution in [3.8, 4) is 0 Å². The number of amides is 1. The van der Waals surface area contributed by atoms with E-state index in [0.717, 1.165) is 0 Å². The third-order valence-corrected chi connectivity index (χ3v) is 3.98. The van der Waals surface area contributed by atoms with Crippen molar-refractivity contribution < 1.29 is 41.0 Å². The van der Waals surface area contributed by atoms with Crippen molar-refractivity contribution in [2.75, 3.05) is 0 Å². The third kappa shape index (κ3) is 6.38. The molecular formula is C19H17F6NO3. The van der Waals surface area contributed by atoms with Crippen LogP contribution in [0.5, 0.6) is 0 Å². The second-order valence-electron chi connectivity index (χ2n) is 6.28. The Morgan fingerprint density at radius 2 is 1.52 bits per heavy atom. The Morgan fingerprint density at radius 3 is 2.00 bits per heavy atom. The molecule has 0 saturated heterocycles. The maximum atomic E-state index is 12.9. The van der Waals surface area contributed by atoms with Gasteiger partial charge in [-0.15, -0.1) is 0 Å². The number of rotatable bonds is 5. The Hall–Kier alpha value is -2.75. The van der Waals surface area contributed by atoms with E-state index < -0.39 is 47.3 Å². The van der Waals surface area contributed by atoms with Gasteiger partial charge < -0.3 is 15.2 Å². The first-order valence-electron chi connectivity index (χ1n) is 8.32. The zero-order valence-electron chi connectivity index (χ0n) is 15.0. The van der Waals surface area contributed by atoms with E-state index in [4.69, 9.17) is 4.74 Å². The van der Waals surface area contributed by atoms with Crippen LogP contribution in [0.2, 0.25) is 0 Å². The van der Waals surface area contributed by atoms with Gasteiger partial charge in [-0.3, -0.25) is 0 Å². The number of halogens is 6. The number of carbonyl (C=O) groups is 1. The number of hydrogen-bond acceptors (Lipinski definition) is 3. The third-order valence-electron chi connectivity index (χ3n) is 3.98. The summed E-state index contributed by atoms with van der Waals surface area (Å²) < 4.78 is 82.5. The Balaban J connectivity index is 2.13.